The SMILES string of the molecule is O=C(Nc1ccc(F)cc1)Nc1ccc(OCc2ccccc2)cc1. The van der Waals surface area contributed by atoms with Gasteiger partial charge in [-0.2, -0.15) is 0 Å². The highest BCUT2D eigenvalue weighted by atomic mass is 19.1. The Balaban J connectivity index is 1.51. The molecule has 0 radical (unpaired) electrons. The first-order valence-corrected chi connectivity index (χ1v) is 7.79. The molecule has 2 amide bonds. The molecule has 126 valence electrons. The van der Waals surface area contributed by atoms with Crippen LogP contribution in [0, 0.1) is 5.82 Å². The van der Waals surface area contributed by atoms with E-state index in [0.717, 1.165) is 5.56 Å². The highest BCUT2D eigenvalue weighted by molar-refractivity contribution is 5.99. The molecule has 3 aromatic carbocycles. The molecular formula is C20H17FN2O2. The van der Waals surface area contributed by atoms with Gasteiger partial charge in [-0.3, -0.25) is 0 Å². The van der Waals surface area contributed by atoms with Crippen LogP contribution in [-0.4, -0.2) is 6.03 Å². The highest BCUT2D eigenvalue weighted by Crippen LogP contribution is 2.17. The van der Waals surface area contributed by atoms with Crippen molar-refractivity contribution in [2.75, 3.05) is 10.6 Å². The molecule has 0 heterocycles. The van der Waals surface area contributed by atoms with Crippen LogP contribution in [0.5, 0.6) is 5.75 Å². The molecule has 3 aromatic rings. The van der Waals surface area contributed by atoms with Crippen LogP contribution in [0.25, 0.3) is 0 Å². The number of amides is 2. The third-order valence-electron chi connectivity index (χ3n) is 3.46. The Morgan fingerprint density at radius 1 is 0.800 bits per heavy atom. The van der Waals surface area contributed by atoms with E-state index in [2.05, 4.69) is 10.6 Å². The van der Waals surface area contributed by atoms with Crippen LogP contribution < -0.4 is 15.4 Å². The zero-order valence-electron chi connectivity index (χ0n) is 13.4. The lowest BCUT2D eigenvalue weighted by atomic mass is 10.2. The molecule has 0 saturated heterocycles. The zero-order valence-corrected chi connectivity index (χ0v) is 13.4. The van der Waals surface area contributed by atoms with Gasteiger partial charge < -0.3 is 15.4 Å². The first-order valence-electron chi connectivity index (χ1n) is 7.79. The van der Waals surface area contributed by atoms with Gasteiger partial charge in [0, 0.05) is 11.4 Å². The number of hydrogen-bond donors (Lipinski definition) is 2. The number of ether oxygens (including phenoxy) is 1. The van der Waals surface area contributed by atoms with Crippen LogP contribution in [0.15, 0.2) is 78.9 Å². The average Bonchev–Trinajstić information content (AvgIpc) is 2.64. The number of benzene rings is 3. The first kappa shape index (κ1) is 16.5. The van der Waals surface area contributed by atoms with Crippen LogP contribution in [0.3, 0.4) is 0 Å². The maximum Gasteiger partial charge on any atom is 0.323 e. The minimum absolute atomic E-state index is 0.350. The van der Waals surface area contributed by atoms with Crippen LogP contribution in [0.2, 0.25) is 0 Å². The van der Waals surface area contributed by atoms with Gasteiger partial charge in [-0.15, -0.1) is 0 Å². The van der Waals surface area contributed by atoms with Gasteiger partial charge in [0.2, 0.25) is 0 Å². The van der Waals surface area contributed by atoms with E-state index in [1.54, 1.807) is 24.3 Å². The summed E-state index contributed by atoms with van der Waals surface area (Å²) in [5, 5.41) is 5.34. The van der Waals surface area contributed by atoms with Crippen molar-refractivity contribution < 1.29 is 13.9 Å². The van der Waals surface area contributed by atoms with Crippen molar-refractivity contribution in [1.29, 1.82) is 0 Å². The number of halogens is 1. The molecule has 0 unspecified atom stereocenters. The molecule has 5 heteroatoms. The summed E-state index contributed by atoms with van der Waals surface area (Å²) in [4.78, 5) is 11.9. The second-order valence-electron chi connectivity index (χ2n) is 5.38. The molecule has 4 nitrogen and oxygen atoms in total. The summed E-state index contributed by atoms with van der Waals surface area (Å²) in [5.74, 6) is 0.366. The molecule has 0 atom stereocenters. The Kier molecular flexibility index (Phi) is 5.26. The highest BCUT2D eigenvalue weighted by Gasteiger charge is 2.03. The third kappa shape index (κ3) is 5.07. The number of hydrogen-bond acceptors (Lipinski definition) is 2. The summed E-state index contributed by atoms with van der Waals surface area (Å²) in [7, 11) is 0. The lowest BCUT2D eigenvalue weighted by molar-refractivity contribution is 0.262. The third-order valence-corrected chi connectivity index (χ3v) is 3.46. The van der Waals surface area contributed by atoms with E-state index < -0.39 is 6.03 Å². The van der Waals surface area contributed by atoms with Crippen molar-refractivity contribution >= 4 is 17.4 Å². The Morgan fingerprint density at radius 2 is 1.36 bits per heavy atom. The molecule has 0 fully saturated rings. The normalized spacial score (nSPS) is 10.1. The maximum atomic E-state index is 12.8. The fourth-order valence-corrected chi connectivity index (χ4v) is 2.20. The topological polar surface area (TPSA) is 50.4 Å². The predicted molar refractivity (Wildman–Crippen MR) is 96.3 cm³/mol. The van der Waals surface area contributed by atoms with E-state index >= 15 is 0 Å². The van der Waals surface area contributed by atoms with Crippen molar-refractivity contribution in [3.8, 4) is 5.75 Å². The standard InChI is InChI=1S/C20H17FN2O2/c21-16-6-8-17(9-7-16)22-20(24)23-18-10-12-19(13-11-18)25-14-15-4-2-1-3-5-15/h1-13H,14H2,(H2,22,23,24). The fourth-order valence-electron chi connectivity index (χ4n) is 2.20. The van der Waals surface area contributed by atoms with E-state index in [-0.39, 0.29) is 5.82 Å². The van der Waals surface area contributed by atoms with E-state index in [9.17, 15) is 9.18 Å². The van der Waals surface area contributed by atoms with Gasteiger partial charge in [-0.1, -0.05) is 30.3 Å². The number of rotatable bonds is 5. The Hall–Kier alpha value is -3.34. The number of carbonyl (C=O) groups is 1. The summed E-state index contributed by atoms with van der Waals surface area (Å²) in [6.07, 6.45) is 0. The molecule has 0 saturated carbocycles. The number of nitrogens with one attached hydrogen (secondary N) is 2. The molecule has 0 aliphatic carbocycles. The van der Waals surface area contributed by atoms with E-state index in [4.69, 9.17) is 4.74 Å². The largest absolute Gasteiger partial charge is 0.489 e. The van der Waals surface area contributed by atoms with Crippen LogP contribution in [0.1, 0.15) is 5.56 Å². The van der Waals surface area contributed by atoms with E-state index in [1.807, 2.05) is 30.3 Å². The Morgan fingerprint density at radius 3 is 1.96 bits per heavy atom. The van der Waals surface area contributed by atoms with Gasteiger partial charge in [-0.05, 0) is 54.1 Å². The predicted octanol–water partition coefficient (Wildman–Crippen LogP) is 5.05. The molecule has 3 rings (SSSR count). The summed E-state index contributed by atoms with van der Waals surface area (Å²) in [6, 6.07) is 22.1. The van der Waals surface area contributed by atoms with Crippen molar-refractivity contribution in [3.05, 3.63) is 90.2 Å². The molecule has 2 N–H and O–H groups in total. The second-order valence-corrected chi connectivity index (χ2v) is 5.38. The molecule has 0 aliphatic heterocycles. The Bertz CT molecular complexity index is 819. The van der Waals surface area contributed by atoms with Crippen LogP contribution in [0.4, 0.5) is 20.6 Å². The van der Waals surface area contributed by atoms with Gasteiger partial charge >= 0.3 is 6.03 Å². The molecule has 0 spiro atoms. The number of carbonyl (C=O) groups excluding carboxylic acids is 1. The number of anilines is 2. The van der Waals surface area contributed by atoms with Crippen molar-refractivity contribution in [2.24, 2.45) is 0 Å². The van der Waals surface area contributed by atoms with Crippen molar-refractivity contribution in [3.63, 3.8) is 0 Å². The van der Waals surface area contributed by atoms with Gasteiger partial charge in [-0.25, -0.2) is 9.18 Å². The summed E-state index contributed by atoms with van der Waals surface area (Å²) < 4.78 is 18.5. The lowest BCUT2D eigenvalue weighted by Crippen LogP contribution is -2.19. The van der Waals surface area contributed by atoms with Crippen LogP contribution >= 0.6 is 0 Å². The smallest absolute Gasteiger partial charge is 0.323 e. The monoisotopic (exact) mass is 336 g/mol. The molecule has 0 bridgehead atoms. The number of urea groups is 1. The molecule has 0 aliphatic rings. The Labute approximate surface area is 145 Å². The van der Waals surface area contributed by atoms with Gasteiger partial charge in [0.05, 0.1) is 0 Å². The first-order chi connectivity index (χ1) is 12.2. The molecular weight excluding hydrogens is 319 g/mol. The molecule has 0 aromatic heterocycles. The van der Waals surface area contributed by atoms with Crippen molar-refractivity contribution in [1.82, 2.24) is 0 Å². The second kappa shape index (κ2) is 7.97. The van der Waals surface area contributed by atoms with Gasteiger partial charge in [0.25, 0.3) is 0 Å². The van der Waals surface area contributed by atoms with Crippen molar-refractivity contribution in [2.45, 2.75) is 6.61 Å². The fraction of sp³-hybridized carbons (Fsp3) is 0.0500. The van der Waals surface area contributed by atoms with E-state index in [0.29, 0.717) is 23.7 Å². The lowest BCUT2D eigenvalue weighted by Gasteiger charge is -2.09. The quantitative estimate of drug-likeness (QED) is 0.685. The summed E-state index contributed by atoms with van der Waals surface area (Å²) >= 11 is 0. The van der Waals surface area contributed by atoms with Gasteiger partial charge in [0.1, 0.15) is 18.2 Å². The zero-order chi connectivity index (χ0) is 17.5. The minimum Gasteiger partial charge on any atom is -0.489 e. The molecule has 25 heavy (non-hydrogen) atoms. The van der Waals surface area contributed by atoms with Crippen LogP contribution in [-0.2, 0) is 6.61 Å². The summed E-state index contributed by atoms with van der Waals surface area (Å²) in [5.41, 5.74) is 2.23. The average molecular weight is 336 g/mol. The minimum atomic E-state index is -0.399. The van der Waals surface area contributed by atoms with Gasteiger partial charge in [0.15, 0.2) is 0 Å². The summed E-state index contributed by atoms with van der Waals surface area (Å²) in [6.45, 7) is 0.485. The van der Waals surface area contributed by atoms with E-state index in [1.165, 1.54) is 24.3 Å². The maximum absolute atomic E-state index is 12.8.